The Balaban J connectivity index is 1.05. The van der Waals surface area contributed by atoms with Crippen LogP contribution in [0, 0.1) is 11.8 Å². The zero-order valence-electron chi connectivity index (χ0n) is 32.4. The zero-order chi connectivity index (χ0) is 36.7. The molecule has 0 spiro atoms. The molecule has 7 aromatic carbocycles. The lowest BCUT2D eigenvalue weighted by Gasteiger charge is -2.31. The Morgan fingerprint density at radius 2 is 1.25 bits per heavy atom. The van der Waals surface area contributed by atoms with E-state index in [9.17, 15) is 0 Å². The van der Waals surface area contributed by atoms with Crippen molar-refractivity contribution in [2.45, 2.75) is 88.9 Å². The molecule has 2 bridgehead atoms. The summed E-state index contributed by atoms with van der Waals surface area (Å²) >= 11 is 0. The summed E-state index contributed by atoms with van der Waals surface area (Å²) in [4.78, 5) is 2.60. The molecule has 0 saturated heterocycles. The van der Waals surface area contributed by atoms with Gasteiger partial charge in [0.2, 0.25) is 0 Å². The fourth-order valence-electron chi connectivity index (χ4n) is 11.7. The van der Waals surface area contributed by atoms with Crippen LogP contribution in [0.15, 0.2) is 140 Å². The van der Waals surface area contributed by atoms with Crippen LogP contribution in [-0.2, 0) is 5.41 Å². The molecule has 3 unspecified atom stereocenters. The van der Waals surface area contributed by atoms with Crippen molar-refractivity contribution in [3.05, 3.63) is 162 Å². The van der Waals surface area contributed by atoms with Crippen LogP contribution < -0.4 is 4.90 Å². The number of fused-ring (bicyclic) bond motifs is 7. The Labute approximate surface area is 327 Å². The molecule has 3 saturated carbocycles. The maximum absolute atomic E-state index is 2.60. The van der Waals surface area contributed by atoms with Gasteiger partial charge in [0, 0.05) is 22.2 Å². The average Bonchev–Trinajstić information content (AvgIpc) is 3.94. The summed E-state index contributed by atoms with van der Waals surface area (Å²) in [5.74, 6) is 3.17. The SMILES string of the molecule is CC1(C)c2cc(-c3cccc4ccccc34)ccc2-c2ccc(N(c3ccc(C4CC5CCC4C5)cc3)c3cccc4cccc(C5CCCCC5)c34)cc21. The molecule has 11 rings (SSSR count). The van der Waals surface area contributed by atoms with Gasteiger partial charge in [-0.3, -0.25) is 0 Å². The average molecular weight is 714 g/mol. The van der Waals surface area contributed by atoms with Crippen molar-refractivity contribution in [2.24, 2.45) is 11.8 Å². The highest BCUT2D eigenvalue weighted by atomic mass is 15.1. The lowest BCUT2D eigenvalue weighted by molar-refractivity contribution is 0.420. The highest BCUT2D eigenvalue weighted by Crippen LogP contribution is 2.55. The number of rotatable bonds is 6. The van der Waals surface area contributed by atoms with Crippen LogP contribution in [0.25, 0.3) is 43.8 Å². The van der Waals surface area contributed by atoms with E-state index in [4.69, 9.17) is 0 Å². The molecule has 0 amide bonds. The fourth-order valence-corrected chi connectivity index (χ4v) is 11.7. The second-order valence-corrected chi connectivity index (χ2v) is 17.9. The van der Waals surface area contributed by atoms with Gasteiger partial charge in [0.1, 0.15) is 0 Å². The van der Waals surface area contributed by atoms with Crippen LogP contribution in [0.5, 0.6) is 0 Å². The maximum Gasteiger partial charge on any atom is 0.0542 e. The molecule has 272 valence electrons. The molecule has 0 N–H and O–H groups in total. The van der Waals surface area contributed by atoms with Crippen molar-refractivity contribution >= 4 is 38.6 Å². The van der Waals surface area contributed by atoms with Gasteiger partial charge in [0.15, 0.2) is 0 Å². The van der Waals surface area contributed by atoms with Gasteiger partial charge in [-0.2, -0.15) is 0 Å². The van der Waals surface area contributed by atoms with Gasteiger partial charge in [-0.1, -0.05) is 143 Å². The normalized spacial score (nSPS) is 21.2. The third kappa shape index (κ3) is 5.41. The van der Waals surface area contributed by atoms with Crippen molar-refractivity contribution in [3.8, 4) is 22.3 Å². The predicted octanol–water partition coefficient (Wildman–Crippen LogP) is 15.4. The van der Waals surface area contributed by atoms with E-state index >= 15 is 0 Å². The zero-order valence-corrected chi connectivity index (χ0v) is 32.4. The third-order valence-corrected chi connectivity index (χ3v) is 14.5. The van der Waals surface area contributed by atoms with E-state index in [1.54, 1.807) is 5.56 Å². The van der Waals surface area contributed by atoms with E-state index in [2.05, 4.69) is 158 Å². The Bertz CT molecular complexity index is 2570. The van der Waals surface area contributed by atoms with E-state index in [0.717, 1.165) is 17.8 Å². The molecule has 1 nitrogen and oxygen atoms in total. The molecule has 55 heavy (non-hydrogen) atoms. The van der Waals surface area contributed by atoms with Crippen LogP contribution in [0.1, 0.15) is 106 Å². The summed E-state index contributed by atoms with van der Waals surface area (Å²) in [6.45, 7) is 4.86. The first-order valence-corrected chi connectivity index (χ1v) is 21.2. The van der Waals surface area contributed by atoms with E-state index < -0.39 is 0 Å². The summed E-state index contributed by atoms with van der Waals surface area (Å²) in [7, 11) is 0. The van der Waals surface area contributed by atoms with Crippen molar-refractivity contribution in [1.82, 2.24) is 0 Å². The number of hydrogen-bond acceptors (Lipinski definition) is 1. The van der Waals surface area contributed by atoms with Gasteiger partial charge in [0.05, 0.1) is 5.69 Å². The minimum atomic E-state index is -0.148. The lowest BCUT2D eigenvalue weighted by Crippen LogP contribution is -2.17. The van der Waals surface area contributed by atoms with Crippen LogP contribution in [-0.4, -0.2) is 0 Å². The largest absolute Gasteiger partial charge is 0.310 e. The topological polar surface area (TPSA) is 3.24 Å². The highest BCUT2D eigenvalue weighted by Gasteiger charge is 2.40. The first kappa shape index (κ1) is 33.2. The van der Waals surface area contributed by atoms with Crippen LogP contribution >= 0.6 is 0 Å². The molecule has 0 radical (unpaired) electrons. The van der Waals surface area contributed by atoms with Gasteiger partial charge in [-0.05, 0) is 153 Å². The summed E-state index contributed by atoms with van der Waals surface area (Å²) in [6, 6.07) is 53.9. The third-order valence-electron chi connectivity index (χ3n) is 14.5. The van der Waals surface area contributed by atoms with Crippen LogP contribution in [0.2, 0.25) is 0 Å². The molecule has 3 fully saturated rings. The van der Waals surface area contributed by atoms with Gasteiger partial charge in [0.25, 0.3) is 0 Å². The first-order valence-electron chi connectivity index (χ1n) is 21.2. The Morgan fingerprint density at radius 1 is 0.545 bits per heavy atom. The lowest BCUT2D eigenvalue weighted by atomic mass is 9.81. The molecular formula is C54H51N. The summed E-state index contributed by atoms with van der Waals surface area (Å²) in [5, 5.41) is 5.37. The Kier molecular flexibility index (Phi) is 7.84. The summed E-state index contributed by atoms with van der Waals surface area (Å²) in [5.41, 5.74) is 14.9. The molecule has 1 heteroatoms. The minimum Gasteiger partial charge on any atom is -0.310 e. The van der Waals surface area contributed by atoms with Crippen molar-refractivity contribution in [2.75, 3.05) is 4.90 Å². The number of hydrogen-bond donors (Lipinski definition) is 0. The smallest absolute Gasteiger partial charge is 0.0542 e. The molecule has 7 aromatic rings. The Hall–Kier alpha value is -5.14. The maximum atomic E-state index is 2.60. The van der Waals surface area contributed by atoms with Crippen LogP contribution in [0.4, 0.5) is 17.1 Å². The second kappa shape index (κ2) is 13.0. The number of anilines is 3. The van der Waals surface area contributed by atoms with Gasteiger partial charge in [-0.15, -0.1) is 0 Å². The van der Waals surface area contributed by atoms with Gasteiger partial charge >= 0.3 is 0 Å². The number of nitrogens with zero attached hydrogens (tertiary/aromatic N) is 1. The molecule has 4 aliphatic carbocycles. The minimum absolute atomic E-state index is 0.148. The van der Waals surface area contributed by atoms with E-state index in [0.29, 0.717) is 5.92 Å². The van der Waals surface area contributed by atoms with Gasteiger partial charge in [-0.25, -0.2) is 0 Å². The summed E-state index contributed by atoms with van der Waals surface area (Å²) in [6.07, 6.45) is 12.3. The standard InChI is InChI=1S/C54H51N/c1-54(2)50-33-41(45-18-8-14-36-13-6-7-17-44(36)45)25-29-47(50)48-30-28-43(34-51(48)54)55(42-26-23-38(24-27-42)49-32-35-21-22-40(49)31-35)52-20-10-16-39-15-9-19-46(53(39)52)37-11-4-3-5-12-37/h6-10,13-20,23-30,33-35,37,40,49H,3-5,11-12,21-22,31-32H2,1-2H3. The molecule has 3 atom stereocenters. The summed E-state index contributed by atoms with van der Waals surface area (Å²) < 4.78 is 0. The monoisotopic (exact) mass is 713 g/mol. The van der Waals surface area contributed by atoms with Crippen LogP contribution in [0.3, 0.4) is 0 Å². The highest BCUT2D eigenvalue weighted by molar-refractivity contribution is 6.02. The van der Waals surface area contributed by atoms with Crippen molar-refractivity contribution in [3.63, 3.8) is 0 Å². The number of benzene rings is 7. The fraction of sp³-hybridized carbons (Fsp3) is 0.296. The van der Waals surface area contributed by atoms with Crippen molar-refractivity contribution < 1.29 is 0 Å². The molecule has 0 aromatic heterocycles. The molecular weight excluding hydrogens is 663 g/mol. The van der Waals surface area contributed by atoms with E-state index in [1.165, 1.54) is 135 Å². The van der Waals surface area contributed by atoms with E-state index in [1.807, 2.05) is 0 Å². The Morgan fingerprint density at radius 3 is 2.05 bits per heavy atom. The molecule has 0 aliphatic heterocycles. The predicted molar refractivity (Wildman–Crippen MR) is 233 cm³/mol. The first-order chi connectivity index (χ1) is 27.0. The van der Waals surface area contributed by atoms with Crippen molar-refractivity contribution in [1.29, 1.82) is 0 Å². The second-order valence-electron chi connectivity index (χ2n) is 17.9. The van der Waals surface area contributed by atoms with Gasteiger partial charge < -0.3 is 4.90 Å². The quantitative estimate of drug-likeness (QED) is 0.166. The molecule has 0 heterocycles. The van der Waals surface area contributed by atoms with E-state index in [-0.39, 0.29) is 5.41 Å². The molecule has 4 aliphatic rings.